The van der Waals surface area contributed by atoms with Gasteiger partial charge in [0.25, 0.3) is 5.91 Å². The van der Waals surface area contributed by atoms with Crippen molar-refractivity contribution in [1.29, 1.82) is 0 Å². The Labute approximate surface area is 284 Å². The first-order valence-corrected chi connectivity index (χ1v) is 16.2. The second-order valence-corrected chi connectivity index (χ2v) is 12.1. The van der Waals surface area contributed by atoms with E-state index >= 15 is 0 Å². The molecule has 0 radical (unpaired) electrons. The minimum atomic E-state index is -0.988. The topological polar surface area (TPSA) is 121 Å². The lowest BCUT2D eigenvalue weighted by atomic mass is 9.80. The van der Waals surface area contributed by atoms with Gasteiger partial charge >= 0.3 is 0 Å². The number of ether oxygens (including phenoxy) is 3. The van der Waals surface area contributed by atoms with Gasteiger partial charge in [-0.25, -0.2) is 15.0 Å². The molecule has 6 aromatic rings. The highest BCUT2D eigenvalue weighted by Crippen LogP contribution is 2.44. The summed E-state index contributed by atoms with van der Waals surface area (Å²) < 4.78 is 20.0. The fourth-order valence-corrected chi connectivity index (χ4v) is 6.77. The molecule has 49 heavy (non-hydrogen) atoms. The summed E-state index contributed by atoms with van der Waals surface area (Å²) in [7, 11) is 3.29. The Bertz CT molecular complexity index is 1970. The van der Waals surface area contributed by atoms with Gasteiger partial charge in [0.15, 0.2) is 17.0 Å². The number of aliphatic hydroxyl groups is 1. The van der Waals surface area contributed by atoms with Crippen LogP contribution in [0.3, 0.4) is 0 Å². The van der Waals surface area contributed by atoms with Crippen LogP contribution in [0, 0.1) is 5.92 Å². The van der Waals surface area contributed by atoms with Crippen LogP contribution in [0.25, 0.3) is 11.2 Å². The molecule has 0 bridgehead atoms. The zero-order valence-electron chi connectivity index (χ0n) is 27.3. The molecule has 0 unspecified atom stereocenters. The summed E-state index contributed by atoms with van der Waals surface area (Å²) in [5, 5.41) is 14.3. The molecule has 1 aliphatic carbocycles. The highest BCUT2D eigenvalue weighted by atomic mass is 16.5. The zero-order chi connectivity index (χ0) is 33.8. The van der Waals surface area contributed by atoms with Crippen molar-refractivity contribution >= 4 is 22.9 Å². The molecule has 0 saturated heterocycles. The molecule has 2 N–H and O–H groups in total. The number of fused-ring (bicyclic) bond motifs is 1. The highest BCUT2D eigenvalue weighted by Gasteiger charge is 2.41. The van der Waals surface area contributed by atoms with Crippen LogP contribution >= 0.6 is 0 Å². The number of imidazole rings is 1. The Balaban J connectivity index is 1.18. The molecule has 1 saturated carbocycles. The minimum Gasteiger partial charge on any atom is -0.497 e. The number of anilines is 1. The Morgan fingerprint density at radius 3 is 2.00 bits per heavy atom. The van der Waals surface area contributed by atoms with E-state index in [0.717, 1.165) is 28.2 Å². The van der Waals surface area contributed by atoms with Crippen LogP contribution in [-0.2, 0) is 10.3 Å². The molecule has 0 spiro atoms. The lowest BCUT2D eigenvalue weighted by molar-refractivity contribution is -0.0296. The van der Waals surface area contributed by atoms with E-state index in [0.29, 0.717) is 35.4 Å². The van der Waals surface area contributed by atoms with Crippen LogP contribution in [0.5, 0.6) is 11.5 Å². The first kappa shape index (κ1) is 32.0. The van der Waals surface area contributed by atoms with Gasteiger partial charge in [0.2, 0.25) is 0 Å². The predicted octanol–water partition coefficient (Wildman–Crippen LogP) is 6.42. The Kier molecular flexibility index (Phi) is 9.06. The van der Waals surface area contributed by atoms with Crippen molar-refractivity contribution in [3.63, 3.8) is 0 Å². The summed E-state index contributed by atoms with van der Waals surface area (Å²) in [5.74, 6) is 1.37. The van der Waals surface area contributed by atoms with E-state index < -0.39 is 11.7 Å². The molecule has 1 amide bonds. The summed E-state index contributed by atoms with van der Waals surface area (Å²) in [6, 6.07) is 34.8. The molecule has 248 valence electrons. The van der Waals surface area contributed by atoms with Crippen molar-refractivity contribution in [1.82, 2.24) is 19.5 Å². The molecule has 10 nitrogen and oxygen atoms in total. The molecular weight excluding hydrogens is 618 g/mol. The van der Waals surface area contributed by atoms with E-state index in [1.165, 1.54) is 6.33 Å². The molecule has 1 aliphatic rings. The Hall–Kier alpha value is -5.58. The number of benzene rings is 4. The van der Waals surface area contributed by atoms with Crippen molar-refractivity contribution in [2.24, 2.45) is 5.92 Å². The van der Waals surface area contributed by atoms with E-state index in [-0.39, 0.29) is 24.5 Å². The summed E-state index contributed by atoms with van der Waals surface area (Å²) in [6.07, 6.45) is 3.64. The standard InChI is InChI=1S/C39H37N5O5/c1-47-32-17-13-29(14-18-32)39(28-11-7-4-8-12-28,30-15-19-33(48-2)20-16-30)49-23-27-21-31(22-34(27)45)44-25-42-35-36(40-24-41-37(35)44)43-38(46)26-9-5-3-6-10-26/h3-20,24-25,27,31,34,45H,21-23H2,1-2H3,(H,40,41,43,46)/t27-,31-,34+/m1/s1. The molecule has 0 aliphatic heterocycles. The van der Waals surface area contributed by atoms with E-state index in [9.17, 15) is 9.90 Å². The van der Waals surface area contributed by atoms with Crippen molar-refractivity contribution in [2.75, 3.05) is 26.1 Å². The van der Waals surface area contributed by atoms with Gasteiger partial charge in [-0.1, -0.05) is 72.8 Å². The van der Waals surface area contributed by atoms with E-state index in [4.69, 9.17) is 14.2 Å². The number of carbonyl (C=O) groups is 1. The molecular formula is C39H37N5O5. The zero-order valence-corrected chi connectivity index (χ0v) is 27.3. The SMILES string of the molecule is COc1ccc(C(OC[C@H]2C[C@@H](n3cnc4c(NC(=O)c5ccccc5)ncnc43)C[C@@H]2O)(c2ccccc2)c2ccc(OC)cc2)cc1. The fraction of sp³-hybridized carbons (Fsp3) is 0.231. The van der Waals surface area contributed by atoms with E-state index in [1.54, 1.807) is 32.7 Å². The smallest absolute Gasteiger partial charge is 0.256 e. The number of methoxy groups -OCH3 is 2. The maximum Gasteiger partial charge on any atom is 0.256 e. The predicted molar refractivity (Wildman–Crippen MR) is 186 cm³/mol. The van der Waals surface area contributed by atoms with Crippen molar-refractivity contribution in [3.8, 4) is 11.5 Å². The average molecular weight is 656 g/mol. The lowest BCUT2D eigenvalue weighted by Crippen LogP contribution is -2.35. The molecule has 2 aromatic heterocycles. The third-order valence-electron chi connectivity index (χ3n) is 9.34. The third-order valence-corrected chi connectivity index (χ3v) is 9.34. The van der Waals surface area contributed by atoms with E-state index in [2.05, 4.69) is 32.4 Å². The van der Waals surface area contributed by atoms with Gasteiger partial charge in [-0.2, -0.15) is 0 Å². The Morgan fingerprint density at radius 2 is 1.39 bits per heavy atom. The number of carbonyl (C=O) groups excluding carboxylic acids is 1. The maximum atomic E-state index is 12.9. The van der Waals surface area contributed by atoms with Gasteiger partial charge in [-0.15, -0.1) is 0 Å². The van der Waals surface area contributed by atoms with Crippen LogP contribution in [-0.4, -0.2) is 57.5 Å². The molecule has 1 fully saturated rings. The lowest BCUT2D eigenvalue weighted by Gasteiger charge is -2.37. The number of nitrogens with zero attached hydrogens (tertiary/aromatic N) is 4. The summed E-state index contributed by atoms with van der Waals surface area (Å²) in [5.41, 5.74) is 3.42. The van der Waals surface area contributed by atoms with Crippen LogP contribution in [0.15, 0.2) is 122 Å². The summed E-state index contributed by atoms with van der Waals surface area (Å²) >= 11 is 0. The second-order valence-electron chi connectivity index (χ2n) is 12.1. The first-order chi connectivity index (χ1) is 24.0. The van der Waals surface area contributed by atoms with E-state index in [1.807, 2.05) is 89.5 Å². The summed E-state index contributed by atoms with van der Waals surface area (Å²) in [4.78, 5) is 26.3. The van der Waals surface area contributed by atoms with Gasteiger partial charge in [-0.05, 0) is 65.9 Å². The first-order valence-electron chi connectivity index (χ1n) is 16.2. The average Bonchev–Trinajstić information content (AvgIpc) is 3.76. The number of nitrogens with one attached hydrogen (secondary N) is 1. The number of aromatic nitrogens is 4. The van der Waals surface area contributed by atoms with Gasteiger partial charge < -0.3 is 29.2 Å². The number of hydrogen-bond acceptors (Lipinski definition) is 8. The third kappa shape index (κ3) is 6.24. The van der Waals surface area contributed by atoms with Crippen molar-refractivity contribution in [3.05, 3.63) is 144 Å². The normalized spacial score (nSPS) is 17.6. The van der Waals surface area contributed by atoms with Crippen LogP contribution < -0.4 is 14.8 Å². The number of amides is 1. The van der Waals surface area contributed by atoms with Gasteiger partial charge in [-0.3, -0.25) is 4.79 Å². The molecule has 2 heterocycles. The highest BCUT2D eigenvalue weighted by molar-refractivity contribution is 6.06. The minimum absolute atomic E-state index is 0.0886. The van der Waals surface area contributed by atoms with Crippen LogP contribution in [0.1, 0.15) is 45.9 Å². The van der Waals surface area contributed by atoms with Gasteiger partial charge in [0.05, 0.1) is 33.3 Å². The molecule has 7 rings (SSSR count). The molecule has 4 aromatic carbocycles. The fourth-order valence-electron chi connectivity index (χ4n) is 6.77. The van der Waals surface area contributed by atoms with Crippen molar-refractivity contribution in [2.45, 2.75) is 30.6 Å². The van der Waals surface area contributed by atoms with Crippen LogP contribution in [0.2, 0.25) is 0 Å². The second kappa shape index (κ2) is 13.9. The maximum absolute atomic E-state index is 12.9. The van der Waals surface area contributed by atoms with Gasteiger partial charge in [0.1, 0.15) is 23.4 Å². The largest absolute Gasteiger partial charge is 0.497 e. The van der Waals surface area contributed by atoms with Crippen LogP contribution in [0.4, 0.5) is 5.82 Å². The number of hydrogen-bond donors (Lipinski definition) is 2. The number of rotatable bonds is 11. The Morgan fingerprint density at radius 1 is 0.796 bits per heavy atom. The summed E-state index contributed by atoms with van der Waals surface area (Å²) in [6.45, 7) is 0.282. The quantitative estimate of drug-likeness (QED) is 0.154. The van der Waals surface area contributed by atoms with Crippen molar-refractivity contribution < 1.29 is 24.1 Å². The number of aliphatic hydroxyl groups excluding tert-OH is 1. The monoisotopic (exact) mass is 655 g/mol. The van der Waals surface area contributed by atoms with Gasteiger partial charge in [0, 0.05) is 17.5 Å². The molecule has 10 heteroatoms. The molecule has 3 atom stereocenters.